The number of aliphatic hydroxyl groups excluding tert-OH is 2. The number of carbonyl (C=O) groups is 2. The second-order valence-electron chi connectivity index (χ2n) is 23.5. The third-order valence-electron chi connectivity index (χ3n) is 16.0. The van der Waals surface area contributed by atoms with E-state index in [-0.39, 0.29) is 18.5 Å². The maximum absolute atomic E-state index is 12.5. The van der Waals surface area contributed by atoms with Crippen molar-refractivity contribution in [3.8, 4) is 0 Å². The molecule has 3 N–H and O–H groups in total. The number of allylic oxidation sites excluding steroid dienone is 4. The van der Waals surface area contributed by atoms with Crippen molar-refractivity contribution >= 4 is 11.9 Å². The zero-order valence-electron chi connectivity index (χ0n) is 50.8. The molecule has 0 bridgehead atoms. The molecule has 2 atom stereocenters. The highest BCUT2D eigenvalue weighted by atomic mass is 16.5. The number of esters is 1. The van der Waals surface area contributed by atoms with Crippen LogP contribution in [0.25, 0.3) is 0 Å². The Kier molecular flexibility index (Phi) is 63.4. The fraction of sp³-hybridized carbons (Fsp3) is 0.913. The molecule has 0 saturated heterocycles. The van der Waals surface area contributed by atoms with E-state index in [9.17, 15) is 19.8 Å². The molecule has 6 heteroatoms. The number of hydrogen-bond acceptors (Lipinski definition) is 5. The number of ether oxygens (including phenoxy) is 1. The van der Waals surface area contributed by atoms with E-state index >= 15 is 0 Å². The first-order chi connectivity index (χ1) is 37.0. The van der Waals surface area contributed by atoms with Crippen molar-refractivity contribution in [2.24, 2.45) is 0 Å². The van der Waals surface area contributed by atoms with Crippen LogP contribution >= 0.6 is 0 Å². The molecule has 0 aromatic rings. The van der Waals surface area contributed by atoms with Crippen LogP contribution in [0, 0.1) is 0 Å². The first kappa shape index (κ1) is 73.3. The average molecular weight is 1060 g/mol. The van der Waals surface area contributed by atoms with Crippen LogP contribution in [-0.2, 0) is 14.3 Å². The second kappa shape index (κ2) is 64.9. The Hall–Kier alpha value is -1.66. The van der Waals surface area contributed by atoms with Crippen molar-refractivity contribution in [1.29, 1.82) is 0 Å². The first-order valence-electron chi connectivity index (χ1n) is 34.1. The van der Waals surface area contributed by atoms with Crippen molar-refractivity contribution in [3.05, 3.63) is 24.3 Å². The molecular formula is C69H133NO5. The van der Waals surface area contributed by atoms with Gasteiger partial charge in [0.1, 0.15) is 0 Å². The molecule has 0 fully saturated rings. The number of unbranched alkanes of at least 4 members (excludes halogenated alkanes) is 49. The summed E-state index contributed by atoms with van der Waals surface area (Å²) < 4.78 is 5.50. The monoisotopic (exact) mass is 1060 g/mol. The van der Waals surface area contributed by atoms with Gasteiger partial charge in [-0.2, -0.15) is 0 Å². The van der Waals surface area contributed by atoms with Gasteiger partial charge < -0.3 is 20.3 Å². The molecule has 0 spiro atoms. The van der Waals surface area contributed by atoms with E-state index < -0.39 is 12.1 Å². The molecule has 0 rings (SSSR count). The number of aliphatic hydroxyl groups is 2. The van der Waals surface area contributed by atoms with Gasteiger partial charge in [0.05, 0.1) is 25.4 Å². The lowest BCUT2D eigenvalue weighted by Crippen LogP contribution is -2.45. The van der Waals surface area contributed by atoms with Crippen LogP contribution in [-0.4, -0.2) is 47.4 Å². The molecule has 0 aromatic carbocycles. The lowest BCUT2D eigenvalue weighted by atomic mass is 10.0. The minimum Gasteiger partial charge on any atom is -0.466 e. The van der Waals surface area contributed by atoms with E-state index in [1.165, 1.54) is 295 Å². The topological polar surface area (TPSA) is 95.9 Å². The molecule has 1 amide bonds. The third kappa shape index (κ3) is 61.4. The highest BCUT2D eigenvalue weighted by Gasteiger charge is 2.20. The van der Waals surface area contributed by atoms with Crippen molar-refractivity contribution in [1.82, 2.24) is 5.32 Å². The van der Waals surface area contributed by atoms with Crippen LogP contribution in [0.2, 0.25) is 0 Å². The fourth-order valence-electron chi connectivity index (χ4n) is 10.8. The van der Waals surface area contributed by atoms with Crippen LogP contribution in [0.15, 0.2) is 24.3 Å². The number of nitrogens with one attached hydrogen (secondary N) is 1. The molecule has 6 nitrogen and oxygen atoms in total. The predicted octanol–water partition coefficient (Wildman–Crippen LogP) is 21.8. The van der Waals surface area contributed by atoms with E-state index in [2.05, 4.69) is 43.5 Å². The largest absolute Gasteiger partial charge is 0.466 e. The van der Waals surface area contributed by atoms with Crippen LogP contribution in [0.5, 0.6) is 0 Å². The predicted molar refractivity (Wildman–Crippen MR) is 329 cm³/mol. The van der Waals surface area contributed by atoms with E-state index in [0.717, 1.165) is 51.4 Å². The van der Waals surface area contributed by atoms with Gasteiger partial charge >= 0.3 is 5.97 Å². The Bertz CT molecular complexity index is 1170. The second-order valence-corrected chi connectivity index (χ2v) is 23.5. The SMILES string of the molecule is CCCCC/C=C\C/C=C\CCCCCCCCCCCC(=O)OCCCCCCCCCCCCCCCCCCCCCC(=O)NC(CO)C(O)CCCCCCCCCCCCCCCCCCCCCC. The van der Waals surface area contributed by atoms with Crippen molar-refractivity contribution < 1.29 is 24.5 Å². The van der Waals surface area contributed by atoms with Crippen LogP contribution in [0.4, 0.5) is 0 Å². The molecular weight excluding hydrogens is 923 g/mol. The summed E-state index contributed by atoms with van der Waals surface area (Å²) >= 11 is 0. The highest BCUT2D eigenvalue weighted by molar-refractivity contribution is 5.76. The number of amides is 1. The minimum absolute atomic E-state index is 0.00633. The van der Waals surface area contributed by atoms with Gasteiger partial charge in [0.2, 0.25) is 5.91 Å². The summed E-state index contributed by atoms with van der Waals surface area (Å²) in [4.78, 5) is 24.6. The smallest absolute Gasteiger partial charge is 0.305 e. The van der Waals surface area contributed by atoms with Gasteiger partial charge in [-0.15, -0.1) is 0 Å². The van der Waals surface area contributed by atoms with Crippen LogP contribution in [0.1, 0.15) is 380 Å². The summed E-state index contributed by atoms with van der Waals surface area (Å²) in [7, 11) is 0. The Morgan fingerprint density at radius 3 is 1.04 bits per heavy atom. The molecule has 0 aliphatic heterocycles. The lowest BCUT2D eigenvalue weighted by Gasteiger charge is -2.22. The summed E-state index contributed by atoms with van der Waals surface area (Å²) in [6, 6.07) is -0.545. The number of hydrogen-bond donors (Lipinski definition) is 3. The average Bonchev–Trinajstić information content (AvgIpc) is 3.41. The Morgan fingerprint density at radius 2 is 0.667 bits per heavy atom. The molecule has 0 radical (unpaired) electrons. The molecule has 2 unspecified atom stereocenters. The first-order valence-corrected chi connectivity index (χ1v) is 34.1. The van der Waals surface area contributed by atoms with Crippen molar-refractivity contribution in [2.75, 3.05) is 13.2 Å². The van der Waals surface area contributed by atoms with Gasteiger partial charge in [0.25, 0.3) is 0 Å². The van der Waals surface area contributed by atoms with Gasteiger partial charge in [-0.1, -0.05) is 334 Å². The third-order valence-corrected chi connectivity index (χ3v) is 16.0. The van der Waals surface area contributed by atoms with Gasteiger partial charge in [-0.3, -0.25) is 9.59 Å². The van der Waals surface area contributed by atoms with E-state index in [0.29, 0.717) is 25.9 Å². The van der Waals surface area contributed by atoms with E-state index in [1.54, 1.807) is 0 Å². The maximum atomic E-state index is 12.5. The van der Waals surface area contributed by atoms with Crippen LogP contribution in [0.3, 0.4) is 0 Å². The van der Waals surface area contributed by atoms with Crippen molar-refractivity contribution in [3.63, 3.8) is 0 Å². The molecule has 0 aliphatic carbocycles. The summed E-state index contributed by atoms with van der Waals surface area (Å²) in [6.07, 6.45) is 80.6. The summed E-state index contributed by atoms with van der Waals surface area (Å²) in [5, 5.41) is 23.4. The summed E-state index contributed by atoms with van der Waals surface area (Å²) in [6.45, 7) is 4.96. The van der Waals surface area contributed by atoms with E-state index in [4.69, 9.17) is 4.74 Å². The Balaban J connectivity index is 3.39. The minimum atomic E-state index is -0.667. The molecule has 0 aromatic heterocycles. The highest BCUT2D eigenvalue weighted by Crippen LogP contribution is 2.19. The Morgan fingerprint density at radius 1 is 0.373 bits per heavy atom. The number of carbonyl (C=O) groups excluding carboxylic acids is 2. The Labute approximate surface area is 469 Å². The van der Waals surface area contributed by atoms with Gasteiger partial charge in [-0.05, 0) is 57.8 Å². The fourth-order valence-corrected chi connectivity index (χ4v) is 10.8. The molecule has 444 valence electrons. The zero-order chi connectivity index (χ0) is 54.3. The normalized spacial score (nSPS) is 12.6. The van der Waals surface area contributed by atoms with Crippen molar-refractivity contribution in [2.45, 2.75) is 392 Å². The molecule has 0 saturated carbocycles. The van der Waals surface area contributed by atoms with Gasteiger partial charge in [0.15, 0.2) is 0 Å². The molecule has 75 heavy (non-hydrogen) atoms. The molecule has 0 aliphatic rings. The summed E-state index contributed by atoms with van der Waals surface area (Å²) in [5.41, 5.74) is 0. The molecule has 0 heterocycles. The van der Waals surface area contributed by atoms with Gasteiger partial charge in [0, 0.05) is 12.8 Å². The zero-order valence-corrected chi connectivity index (χ0v) is 50.8. The maximum Gasteiger partial charge on any atom is 0.305 e. The summed E-state index contributed by atoms with van der Waals surface area (Å²) in [5.74, 6) is -0.0276. The van der Waals surface area contributed by atoms with E-state index in [1.807, 2.05) is 0 Å². The quantitative estimate of drug-likeness (QED) is 0.0320. The standard InChI is InChI=1S/C69H133NO5/c1-3-5-7-9-11-13-15-17-19-21-23-26-29-33-37-41-45-49-53-57-61-67(72)66(65-71)70-68(73)62-58-54-50-46-42-38-34-30-27-24-28-32-36-40-44-48-52-56-60-64-75-69(74)63-59-55-51-47-43-39-35-31-25-22-20-18-16-14-12-10-8-6-4-2/h12,14,18,20,66-67,71-72H,3-11,13,15-17,19,21-65H2,1-2H3,(H,70,73)/b14-12-,20-18-. The van der Waals surface area contributed by atoms with Gasteiger partial charge in [-0.25, -0.2) is 0 Å². The van der Waals surface area contributed by atoms with Crippen LogP contribution < -0.4 is 5.32 Å². The number of rotatable bonds is 64. The lowest BCUT2D eigenvalue weighted by molar-refractivity contribution is -0.143.